The fraction of sp³-hybridized carbons (Fsp3) is 0.462. The number of benzene rings is 1. The normalized spacial score (nSPS) is 17.6. The van der Waals surface area contributed by atoms with Crippen molar-refractivity contribution < 1.29 is 9.72 Å². The zero-order chi connectivity index (χ0) is 13.8. The van der Waals surface area contributed by atoms with Crippen molar-refractivity contribution in [2.45, 2.75) is 12.8 Å². The van der Waals surface area contributed by atoms with Crippen LogP contribution in [0.3, 0.4) is 0 Å². The summed E-state index contributed by atoms with van der Waals surface area (Å²) < 4.78 is 0. The summed E-state index contributed by atoms with van der Waals surface area (Å²) >= 11 is 0. The Labute approximate surface area is 123 Å². The van der Waals surface area contributed by atoms with Gasteiger partial charge < -0.3 is 10.6 Å². The zero-order valence-electron chi connectivity index (χ0n) is 11.0. The molecule has 1 aliphatic heterocycles. The number of halogens is 1. The minimum atomic E-state index is -0.449. The van der Waals surface area contributed by atoms with Gasteiger partial charge in [-0.2, -0.15) is 0 Å². The first-order valence-electron chi connectivity index (χ1n) is 6.32. The summed E-state index contributed by atoms with van der Waals surface area (Å²) in [5, 5.41) is 10.9. The molecule has 0 aromatic heterocycles. The number of nitrogens with two attached hydrogens (primary N) is 1. The van der Waals surface area contributed by atoms with E-state index in [2.05, 4.69) is 0 Å². The number of para-hydroxylation sites is 1. The van der Waals surface area contributed by atoms with Crippen LogP contribution in [0.1, 0.15) is 12.0 Å². The fourth-order valence-corrected chi connectivity index (χ4v) is 2.36. The average molecular weight is 300 g/mol. The first-order chi connectivity index (χ1) is 9.11. The van der Waals surface area contributed by atoms with Crippen molar-refractivity contribution in [3.05, 3.63) is 39.9 Å². The minimum Gasteiger partial charge on any atom is -0.342 e. The molecular formula is C13H18ClN3O3. The van der Waals surface area contributed by atoms with Crippen molar-refractivity contribution in [1.29, 1.82) is 0 Å². The second-order valence-corrected chi connectivity index (χ2v) is 4.79. The van der Waals surface area contributed by atoms with E-state index in [1.807, 2.05) is 0 Å². The number of hydrogen-bond acceptors (Lipinski definition) is 4. The second kappa shape index (κ2) is 7.21. The highest BCUT2D eigenvalue weighted by atomic mass is 35.5. The molecule has 2 N–H and O–H groups in total. The van der Waals surface area contributed by atoms with E-state index in [0.717, 1.165) is 6.42 Å². The summed E-state index contributed by atoms with van der Waals surface area (Å²) in [5.74, 6) is 0.292. The van der Waals surface area contributed by atoms with Gasteiger partial charge in [0.1, 0.15) is 0 Å². The van der Waals surface area contributed by atoms with Crippen LogP contribution in [0, 0.1) is 16.0 Å². The van der Waals surface area contributed by atoms with E-state index in [-0.39, 0.29) is 30.4 Å². The zero-order valence-corrected chi connectivity index (χ0v) is 11.8. The van der Waals surface area contributed by atoms with Crippen LogP contribution in [0.15, 0.2) is 24.3 Å². The van der Waals surface area contributed by atoms with E-state index < -0.39 is 4.92 Å². The average Bonchev–Trinajstić information content (AvgIpc) is 2.88. The smallest absolute Gasteiger partial charge is 0.273 e. The third-order valence-electron chi connectivity index (χ3n) is 3.50. The van der Waals surface area contributed by atoms with Gasteiger partial charge in [0.15, 0.2) is 0 Å². The van der Waals surface area contributed by atoms with Crippen LogP contribution >= 0.6 is 12.4 Å². The highest BCUT2D eigenvalue weighted by Gasteiger charge is 2.26. The number of nitrogens with zero attached hydrogens (tertiary/aromatic N) is 2. The summed E-state index contributed by atoms with van der Waals surface area (Å²) in [6.45, 7) is 1.94. The highest BCUT2D eigenvalue weighted by Crippen LogP contribution is 2.21. The Kier molecular flexibility index (Phi) is 5.91. The summed E-state index contributed by atoms with van der Waals surface area (Å²) in [5.41, 5.74) is 6.06. The van der Waals surface area contributed by atoms with E-state index in [1.165, 1.54) is 6.07 Å². The predicted molar refractivity (Wildman–Crippen MR) is 77.8 cm³/mol. The van der Waals surface area contributed by atoms with Gasteiger partial charge in [-0.05, 0) is 18.9 Å². The van der Waals surface area contributed by atoms with E-state index in [1.54, 1.807) is 23.1 Å². The Morgan fingerprint density at radius 3 is 2.75 bits per heavy atom. The number of rotatable bonds is 4. The second-order valence-electron chi connectivity index (χ2n) is 4.79. The molecular weight excluding hydrogens is 282 g/mol. The quantitative estimate of drug-likeness (QED) is 0.671. The number of carbonyl (C=O) groups is 1. The van der Waals surface area contributed by atoms with Gasteiger partial charge in [0.05, 0.1) is 11.3 Å². The van der Waals surface area contributed by atoms with E-state index in [4.69, 9.17) is 5.73 Å². The van der Waals surface area contributed by atoms with Gasteiger partial charge >= 0.3 is 0 Å². The van der Waals surface area contributed by atoms with Gasteiger partial charge in [0, 0.05) is 24.7 Å². The molecule has 1 saturated heterocycles. The molecule has 1 amide bonds. The number of carbonyl (C=O) groups excluding carboxylic acids is 1. The maximum Gasteiger partial charge on any atom is 0.273 e. The first-order valence-corrected chi connectivity index (χ1v) is 6.32. The third-order valence-corrected chi connectivity index (χ3v) is 3.50. The molecule has 110 valence electrons. The molecule has 0 saturated carbocycles. The number of nitro groups is 1. The highest BCUT2D eigenvalue weighted by molar-refractivity contribution is 5.85. The Hall–Kier alpha value is -1.66. The molecule has 0 spiro atoms. The number of hydrogen-bond donors (Lipinski definition) is 1. The summed E-state index contributed by atoms with van der Waals surface area (Å²) in [6.07, 6.45) is 0.994. The Balaban J connectivity index is 0.00000200. The molecule has 1 aromatic carbocycles. The lowest BCUT2D eigenvalue weighted by Crippen LogP contribution is -2.31. The lowest BCUT2D eigenvalue weighted by atomic mass is 10.1. The van der Waals surface area contributed by atoms with Crippen molar-refractivity contribution in [2.24, 2.45) is 11.7 Å². The number of nitro benzene ring substituents is 1. The van der Waals surface area contributed by atoms with E-state index >= 15 is 0 Å². The lowest BCUT2D eigenvalue weighted by molar-refractivity contribution is -0.385. The van der Waals surface area contributed by atoms with Gasteiger partial charge in [0.25, 0.3) is 5.69 Å². The van der Waals surface area contributed by atoms with Gasteiger partial charge in [-0.15, -0.1) is 12.4 Å². The standard InChI is InChI=1S/C13H17N3O3.ClH/c14-8-10-5-6-15(9-10)13(17)7-11-3-1-2-4-12(11)16(18)19;/h1-4,10H,5-9,14H2;1H. The Morgan fingerprint density at radius 1 is 1.45 bits per heavy atom. The molecule has 0 radical (unpaired) electrons. The van der Waals surface area contributed by atoms with Crippen molar-refractivity contribution in [3.8, 4) is 0 Å². The Bertz CT molecular complexity index is 496. The summed E-state index contributed by atoms with van der Waals surface area (Å²) in [4.78, 5) is 24.3. The van der Waals surface area contributed by atoms with Crippen molar-refractivity contribution in [3.63, 3.8) is 0 Å². The predicted octanol–water partition coefficient (Wildman–Crippen LogP) is 1.37. The molecule has 20 heavy (non-hydrogen) atoms. The number of likely N-dealkylation sites (tertiary alicyclic amines) is 1. The molecule has 1 atom stereocenters. The lowest BCUT2D eigenvalue weighted by Gasteiger charge is -2.16. The van der Waals surface area contributed by atoms with E-state index in [0.29, 0.717) is 31.1 Å². The molecule has 1 fully saturated rings. The largest absolute Gasteiger partial charge is 0.342 e. The molecule has 1 heterocycles. The molecule has 0 aliphatic carbocycles. The SMILES string of the molecule is Cl.NCC1CCN(C(=O)Cc2ccccc2[N+](=O)[O-])C1. The van der Waals surface area contributed by atoms with Crippen molar-refractivity contribution in [1.82, 2.24) is 4.90 Å². The van der Waals surface area contributed by atoms with Gasteiger partial charge in [-0.3, -0.25) is 14.9 Å². The fourth-order valence-electron chi connectivity index (χ4n) is 2.36. The van der Waals surface area contributed by atoms with Crippen LogP contribution in [0.25, 0.3) is 0 Å². The third kappa shape index (κ3) is 3.68. The maximum absolute atomic E-state index is 12.1. The van der Waals surface area contributed by atoms with Crippen LogP contribution in [0.2, 0.25) is 0 Å². The molecule has 6 nitrogen and oxygen atoms in total. The van der Waals surface area contributed by atoms with E-state index in [9.17, 15) is 14.9 Å². The molecule has 7 heteroatoms. The van der Waals surface area contributed by atoms with Crippen LogP contribution in [0.4, 0.5) is 5.69 Å². The monoisotopic (exact) mass is 299 g/mol. The van der Waals surface area contributed by atoms with Gasteiger partial charge in [0.2, 0.25) is 5.91 Å². The van der Waals surface area contributed by atoms with Crippen LogP contribution in [-0.4, -0.2) is 35.4 Å². The molecule has 0 bridgehead atoms. The molecule has 2 rings (SSSR count). The topological polar surface area (TPSA) is 89.5 Å². The van der Waals surface area contributed by atoms with Crippen molar-refractivity contribution >= 4 is 24.0 Å². The first kappa shape index (κ1) is 16.4. The van der Waals surface area contributed by atoms with Crippen LogP contribution in [0.5, 0.6) is 0 Å². The Morgan fingerprint density at radius 2 is 2.15 bits per heavy atom. The number of amides is 1. The van der Waals surface area contributed by atoms with Crippen molar-refractivity contribution in [2.75, 3.05) is 19.6 Å². The van der Waals surface area contributed by atoms with Gasteiger partial charge in [-0.1, -0.05) is 18.2 Å². The molecule has 1 aliphatic rings. The van der Waals surface area contributed by atoms with Crippen LogP contribution in [-0.2, 0) is 11.2 Å². The van der Waals surface area contributed by atoms with Gasteiger partial charge in [-0.25, -0.2) is 0 Å². The minimum absolute atomic E-state index is 0. The maximum atomic E-state index is 12.1. The molecule has 1 unspecified atom stereocenters. The summed E-state index contributed by atoms with van der Waals surface area (Å²) in [6, 6.07) is 6.37. The van der Waals surface area contributed by atoms with Crippen LogP contribution < -0.4 is 5.73 Å². The molecule has 1 aromatic rings. The summed E-state index contributed by atoms with van der Waals surface area (Å²) in [7, 11) is 0.